The molecule has 0 saturated carbocycles. The zero-order valence-electron chi connectivity index (χ0n) is 11.2. The van der Waals surface area contributed by atoms with Gasteiger partial charge in [0.05, 0.1) is 16.6 Å². The van der Waals surface area contributed by atoms with E-state index < -0.39 is 11.9 Å². The molecule has 0 aliphatic heterocycles. The Morgan fingerprint density at radius 1 is 1.25 bits per heavy atom. The lowest BCUT2D eigenvalue weighted by molar-refractivity contribution is -0.141. The second-order valence-electron chi connectivity index (χ2n) is 4.74. The second kappa shape index (κ2) is 5.13. The Hall–Kier alpha value is -1.49. The van der Waals surface area contributed by atoms with Crippen molar-refractivity contribution in [3.63, 3.8) is 0 Å². The molecular formula is C14H13ClF3NO. The molecule has 1 aromatic carbocycles. The van der Waals surface area contributed by atoms with Gasteiger partial charge in [-0.05, 0) is 44.5 Å². The third kappa shape index (κ3) is 2.82. The van der Waals surface area contributed by atoms with E-state index in [-0.39, 0.29) is 22.2 Å². The maximum Gasteiger partial charge on any atom is 0.433 e. The average Bonchev–Trinajstić information content (AvgIpc) is 2.32. The lowest BCUT2D eigenvalue weighted by Gasteiger charge is -2.14. The summed E-state index contributed by atoms with van der Waals surface area (Å²) in [4.78, 5) is 3.66. The molecule has 0 radical (unpaired) electrons. The highest BCUT2D eigenvalue weighted by molar-refractivity contribution is 6.36. The van der Waals surface area contributed by atoms with Crippen molar-refractivity contribution in [3.05, 3.63) is 34.5 Å². The summed E-state index contributed by atoms with van der Waals surface area (Å²) in [5.74, 6) is 0.551. The minimum Gasteiger partial charge on any atom is -0.491 e. The van der Waals surface area contributed by atoms with E-state index in [2.05, 4.69) is 4.98 Å². The summed E-state index contributed by atoms with van der Waals surface area (Å²) in [6.45, 7) is 5.04. The number of hydrogen-bond donors (Lipinski definition) is 0. The standard InChI is InChI=1S/C14H13ClF3NO/c1-7(2)20-9-4-5-11-10(6-9)12(15)8(3)13(19-11)14(16,17)18/h4-7H,1-3H3. The zero-order valence-corrected chi connectivity index (χ0v) is 11.9. The lowest BCUT2D eigenvalue weighted by atomic mass is 10.1. The van der Waals surface area contributed by atoms with Crippen LogP contribution >= 0.6 is 11.6 Å². The van der Waals surface area contributed by atoms with Crippen molar-refractivity contribution in [1.29, 1.82) is 0 Å². The number of fused-ring (bicyclic) bond motifs is 1. The van der Waals surface area contributed by atoms with E-state index in [4.69, 9.17) is 16.3 Å². The largest absolute Gasteiger partial charge is 0.491 e. The minimum absolute atomic E-state index is 0.0327. The van der Waals surface area contributed by atoms with Crippen LogP contribution in [0.2, 0.25) is 5.02 Å². The number of ether oxygens (including phenoxy) is 1. The Balaban J connectivity index is 2.64. The number of halogens is 4. The number of alkyl halides is 3. The normalized spacial score (nSPS) is 12.2. The molecule has 2 nitrogen and oxygen atoms in total. The molecule has 1 aromatic heterocycles. The van der Waals surface area contributed by atoms with Crippen LogP contribution < -0.4 is 4.74 Å². The first-order valence-electron chi connectivity index (χ1n) is 6.04. The Morgan fingerprint density at radius 3 is 2.45 bits per heavy atom. The predicted octanol–water partition coefficient (Wildman–Crippen LogP) is 5.00. The van der Waals surface area contributed by atoms with Crippen LogP contribution in [0, 0.1) is 6.92 Å². The van der Waals surface area contributed by atoms with Gasteiger partial charge in [0.2, 0.25) is 0 Å². The van der Waals surface area contributed by atoms with E-state index in [9.17, 15) is 13.2 Å². The van der Waals surface area contributed by atoms with Gasteiger partial charge in [0.25, 0.3) is 0 Å². The van der Waals surface area contributed by atoms with Crippen molar-refractivity contribution in [2.24, 2.45) is 0 Å². The average molecular weight is 304 g/mol. The molecular weight excluding hydrogens is 291 g/mol. The van der Waals surface area contributed by atoms with Gasteiger partial charge in [0, 0.05) is 5.39 Å². The van der Waals surface area contributed by atoms with E-state index in [1.165, 1.54) is 13.0 Å². The monoisotopic (exact) mass is 303 g/mol. The van der Waals surface area contributed by atoms with E-state index >= 15 is 0 Å². The molecule has 0 saturated heterocycles. The van der Waals surface area contributed by atoms with Gasteiger partial charge in [-0.3, -0.25) is 0 Å². The Labute approximate surface area is 119 Å². The summed E-state index contributed by atoms with van der Waals surface area (Å²) in [6, 6.07) is 4.67. The molecule has 0 unspecified atom stereocenters. The molecule has 0 amide bonds. The van der Waals surface area contributed by atoms with Crippen molar-refractivity contribution in [2.45, 2.75) is 33.1 Å². The maximum absolute atomic E-state index is 12.9. The first kappa shape index (κ1) is 14.9. The van der Waals surface area contributed by atoms with Crippen molar-refractivity contribution in [3.8, 4) is 5.75 Å². The third-order valence-electron chi connectivity index (χ3n) is 2.76. The highest BCUT2D eigenvalue weighted by Gasteiger charge is 2.35. The van der Waals surface area contributed by atoms with Crippen molar-refractivity contribution >= 4 is 22.5 Å². The van der Waals surface area contributed by atoms with Crippen LogP contribution in [0.25, 0.3) is 10.9 Å². The summed E-state index contributed by atoms with van der Waals surface area (Å²) < 4.78 is 44.1. The van der Waals surface area contributed by atoms with Crippen molar-refractivity contribution < 1.29 is 17.9 Å². The van der Waals surface area contributed by atoms with Gasteiger partial charge in [-0.2, -0.15) is 13.2 Å². The Kier molecular flexibility index (Phi) is 3.82. The highest BCUT2D eigenvalue weighted by atomic mass is 35.5. The van der Waals surface area contributed by atoms with E-state index in [1.54, 1.807) is 12.1 Å². The molecule has 1 heterocycles. The predicted molar refractivity (Wildman–Crippen MR) is 72.3 cm³/mol. The van der Waals surface area contributed by atoms with Gasteiger partial charge in [0.1, 0.15) is 11.4 Å². The number of rotatable bonds is 2. The number of aromatic nitrogens is 1. The summed E-state index contributed by atoms with van der Waals surface area (Å²) in [6.07, 6.45) is -4.55. The minimum atomic E-state index is -4.52. The molecule has 20 heavy (non-hydrogen) atoms. The summed E-state index contributed by atoms with van der Waals surface area (Å²) >= 11 is 6.05. The molecule has 0 atom stereocenters. The molecule has 2 rings (SSSR count). The van der Waals surface area contributed by atoms with Crippen LogP contribution in [0.3, 0.4) is 0 Å². The molecule has 0 bridgehead atoms. The number of benzene rings is 1. The van der Waals surface area contributed by atoms with Gasteiger partial charge in [0.15, 0.2) is 0 Å². The van der Waals surface area contributed by atoms with Crippen LogP contribution in [0.15, 0.2) is 18.2 Å². The van der Waals surface area contributed by atoms with Gasteiger partial charge in [-0.1, -0.05) is 11.6 Å². The summed E-state index contributed by atoms with van der Waals surface area (Å²) in [7, 11) is 0. The highest BCUT2D eigenvalue weighted by Crippen LogP contribution is 2.37. The smallest absolute Gasteiger partial charge is 0.433 e. The molecule has 0 aliphatic carbocycles. The number of hydrogen-bond acceptors (Lipinski definition) is 2. The fourth-order valence-corrected chi connectivity index (χ4v) is 2.16. The van der Waals surface area contributed by atoms with Gasteiger partial charge >= 0.3 is 6.18 Å². The summed E-state index contributed by atoms with van der Waals surface area (Å²) in [5.41, 5.74) is -0.829. The summed E-state index contributed by atoms with van der Waals surface area (Å²) in [5, 5.41) is 0.506. The van der Waals surface area contributed by atoms with Gasteiger partial charge in [-0.25, -0.2) is 4.98 Å². The quantitative estimate of drug-likeness (QED) is 0.778. The number of pyridine rings is 1. The van der Waals surface area contributed by atoms with Crippen molar-refractivity contribution in [2.75, 3.05) is 0 Å². The molecule has 0 N–H and O–H groups in total. The molecule has 108 valence electrons. The second-order valence-corrected chi connectivity index (χ2v) is 5.12. The maximum atomic E-state index is 12.9. The van der Waals surface area contributed by atoms with Crippen LogP contribution in [-0.4, -0.2) is 11.1 Å². The van der Waals surface area contributed by atoms with E-state index in [1.807, 2.05) is 13.8 Å². The van der Waals surface area contributed by atoms with Gasteiger partial charge in [-0.15, -0.1) is 0 Å². The lowest BCUT2D eigenvalue weighted by Crippen LogP contribution is -2.11. The Bertz CT molecular complexity index is 653. The first-order valence-corrected chi connectivity index (χ1v) is 6.41. The topological polar surface area (TPSA) is 22.1 Å². The van der Waals surface area contributed by atoms with Crippen LogP contribution in [0.1, 0.15) is 25.1 Å². The zero-order chi connectivity index (χ0) is 15.1. The Morgan fingerprint density at radius 2 is 1.90 bits per heavy atom. The van der Waals surface area contributed by atoms with E-state index in [0.717, 1.165) is 0 Å². The van der Waals surface area contributed by atoms with Crippen LogP contribution in [0.4, 0.5) is 13.2 Å². The molecule has 0 aliphatic rings. The molecule has 6 heteroatoms. The molecule has 0 spiro atoms. The number of nitrogens with zero attached hydrogens (tertiary/aromatic N) is 1. The van der Waals surface area contributed by atoms with Crippen LogP contribution in [0.5, 0.6) is 5.75 Å². The molecule has 0 fully saturated rings. The third-order valence-corrected chi connectivity index (χ3v) is 3.25. The van der Waals surface area contributed by atoms with E-state index in [0.29, 0.717) is 11.1 Å². The van der Waals surface area contributed by atoms with Crippen LogP contribution in [-0.2, 0) is 6.18 Å². The molecule has 2 aromatic rings. The fourth-order valence-electron chi connectivity index (χ4n) is 1.92. The first-order chi connectivity index (χ1) is 9.20. The van der Waals surface area contributed by atoms with Gasteiger partial charge < -0.3 is 4.74 Å². The SMILES string of the molecule is Cc1c(C(F)(F)F)nc2ccc(OC(C)C)cc2c1Cl. The van der Waals surface area contributed by atoms with Crippen molar-refractivity contribution in [1.82, 2.24) is 4.98 Å². The fraction of sp³-hybridized carbons (Fsp3) is 0.357.